The first kappa shape index (κ1) is 20.8. The van der Waals surface area contributed by atoms with Crippen molar-refractivity contribution < 1.29 is 4.79 Å². The Morgan fingerprint density at radius 3 is 2.61 bits per heavy atom. The fourth-order valence-corrected chi connectivity index (χ4v) is 3.42. The summed E-state index contributed by atoms with van der Waals surface area (Å²) in [5.74, 6) is -0.416. The summed E-state index contributed by atoms with van der Waals surface area (Å²) in [5.41, 5.74) is 7.62. The SMILES string of the molecule is Cc1nn(-c2ccccc2)c(C)c1/C=N\NC(=O)c1cc(-c2ccc(Cl)c(Cl)c2)n[nH]1. The molecule has 2 aromatic carbocycles. The van der Waals surface area contributed by atoms with Gasteiger partial charge in [0.1, 0.15) is 5.69 Å². The third kappa shape index (κ3) is 4.38. The Hall–Kier alpha value is -3.42. The van der Waals surface area contributed by atoms with Crippen molar-refractivity contribution in [2.24, 2.45) is 5.10 Å². The fraction of sp³-hybridized carbons (Fsp3) is 0.0909. The number of benzene rings is 2. The molecule has 0 bridgehead atoms. The number of hydrogen-bond donors (Lipinski definition) is 2. The van der Waals surface area contributed by atoms with E-state index in [9.17, 15) is 4.79 Å². The van der Waals surface area contributed by atoms with Crippen molar-refractivity contribution in [3.63, 3.8) is 0 Å². The minimum Gasteiger partial charge on any atom is -0.272 e. The van der Waals surface area contributed by atoms with E-state index in [1.807, 2.05) is 48.9 Å². The van der Waals surface area contributed by atoms with Gasteiger partial charge in [-0.3, -0.25) is 9.89 Å². The van der Waals surface area contributed by atoms with Crippen LogP contribution in [0.2, 0.25) is 10.0 Å². The number of halogens is 2. The number of rotatable bonds is 5. The Morgan fingerprint density at radius 1 is 1.10 bits per heavy atom. The molecule has 31 heavy (non-hydrogen) atoms. The van der Waals surface area contributed by atoms with Crippen molar-refractivity contribution in [3.05, 3.63) is 87.3 Å². The lowest BCUT2D eigenvalue weighted by atomic mass is 10.1. The number of H-pyrrole nitrogens is 1. The summed E-state index contributed by atoms with van der Waals surface area (Å²) in [4.78, 5) is 12.4. The van der Waals surface area contributed by atoms with Crippen molar-refractivity contribution in [1.29, 1.82) is 0 Å². The fourth-order valence-electron chi connectivity index (χ4n) is 3.12. The predicted octanol–water partition coefficient (Wildman–Crippen LogP) is 4.95. The normalized spacial score (nSPS) is 11.2. The summed E-state index contributed by atoms with van der Waals surface area (Å²) in [6.07, 6.45) is 1.59. The molecular weight excluding hydrogens is 435 g/mol. The minimum absolute atomic E-state index is 0.270. The van der Waals surface area contributed by atoms with E-state index in [1.165, 1.54) is 0 Å². The maximum Gasteiger partial charge on any atom is 0.289 e. The second-order valence-electron chi connectivity index (χ2n) is 6.83. The highest BCUT2D eigenvalue weighted by molar-refractivity contribution is 6.42. The molecule has 2 heterocycles. The van der Waals surface area contributed by atoms with Gasteiger partial charge in [-0.05, 0) is 44.2 Å². The van der Waals surface area contributed by atoms with Gasteiger partial charge in [0, 0.05) is 11.1 Å². The molecule has 0 aliphatic carbocycles. The molecule has 0 aliphatic rings. The van der Waals surface area contributed by atoms with Crippen molar-refractivity contribution in [3.8, 4) is 16.9 Å². The zero-order chi connectivity index (χ0) is 22.0. The summed E-state index contributed by atoms with van der Waals surface area (Å²) in [6, 6.07) is 16.6. The maximum absolute atomic E-state index is 12.4. The van der Waals surface area contributed by atoms with E-state index < -0.39 is 5.91 Å². The number of amides is 1. The Labute approximate surface area is 188 Å². The second kappa shape index (κ2) is 8.75. The molecule has 0 saturated heterocycles. The molecule has 1 amide bonds. The van der Waals surface area contributed by atoms with Gasteiger partial charge in [0.15, 0.2) is 0 Å². The van der Waals surface area contributed by atoms with Crippen LogP contribution in [0.3, 0.4) is 0 Å². The van der Waals surface area contributed by atoms with E-state index in [1.54, 1.807) is 30.5 Å². The molecule has 4 rings (SSSR count). The molecule has 9 heteroatoms. The Kier molecular flexibility index (Phi) is 5.88. The average molecular weight is 453 g/mol. The van der Waals surface area contributed by atoms with E-state index >= 15 is 0 Å². The first-order chi connectivity index (χ1) is 14.9. The highest BCUT2D eigenvalue weighted by Crippen LogP contribution is 2.27. The van der Waals surface area contributed by atoms with Crippen LogP contribution in [-0.4, -0.2) is 32.1 Å². The first-order valence-electron chi connectivity index (χ1n) is 9.40. The third-order valence-electron chi connectivity index (χ3n) is 4.75. The standard InChI is InChI=1S/C22H18Cl2N6O/c1-13-17(14(2)30(29-13)16-6-4-3-5-7-16)12-25-28-22(31)21-11-20(26-27-21)15-8-9-18(23)19(24)10-15/h3-12H,1-2H3,(H,26,27)(H,28,31)/b25-12-. The van der Waals surface area contributed by atoms with Crippen LogP contribution in [0.4, 0.5) is 0 Å². The van der Waals surface area contributed by atoms with Gasteiger partial charge >= 0.3 is 0 Å². The number of aryl methyl sites for hydroxylation is 1. The predicted molar refractivity (Wildman–Crippen MR) is 122 cm³/mol. The number of hydrogen-bond acceptors (Lipinski definition) is 4. The molecule has 2 aromatic heterocycles. The summed E-state index contributed by atoms with van der Waals surface area (Å²) in [7, 11) is 0. The molecule has 7 nitrogen and oxygen atoms in total. The summed E-state index contributed by atoms with van der Waals surface area (Å²) in [5, 5.41) is 16.4. The van der Waals surface area contributed by atoms with Crippen LogP contribution in [-0.2, 0) is 0 Å². The molecule has 0 radical (unpaired) electrons. The number of aromatic nitrogens is 4. The van der Waals surface area contributed by atoms with E-state index in [-0.39, 0.29) is 5.69 Å². The second-order valence-corrected chi connectivity index (χ2v) is 7.64. The third-order valence-corrected chi connectivity index (χ3v) is 5.48. The molecule has 156 valence electrons. The summed E-state index contributed by atoms with van der Waals surface area (Å²) >= 11 is 12.0. The molecule has 2 N–H and O–H groups in total. The Bertz CT molecular complexity index is 1280. The van der Waals surface area contributed by atoms with E-state index in [2.05, 4.69) is 25.8 Å². The zero-order valence-electron chi connectivity index (χ0n) is 16.7. The zero-order valence-corrected chi connectivity index (χ0v) is 18.2. The largest absolute Gasteiger partial charge is 0.289 e. The number of para-hydroxylation sites is 1. The number of carbonyl (C=O) groups is 1. The highest BCUT2D eigenvalue weighted by Gasteiger charge is 2.13. The van der Waals surface area contributed by atoms with Gasteiger partial charge in [-0.1, -0.05) is 47.5 Å². The lowest BCUT2D eigenvalue weighted by molar-refractivity contribution is 0.0950. The molecule has 0 saturated carbocycles. The van der Waals surface area contributed by atoms with Crippen molar-refractivity contribution in [1.82, 2.24) is 25.4 Å². The van der Waals surface area contributed by atoms with Gasteiger partial charge in [-0.25, -0.2) is 10.1 Å². The van der Waals surface area contributed by atoms with Gasteiger partial charge in [-0.2, -0.15) is 15.3 Å². The van der Waals surface area contributed by atoms with E-state index in [0.29, 0.717) is 15.7 Å². The molecule has 0 unspecified atom stereocenters. The monoisotopic (exact) mass is 452 g/mol. The van der Waals surface area contributed by atoms with Gasteiger partial charge < -0.3 is 0 Å². The van der Waals surface area contributed by atoms with Crippen LogP contribution in [0.5, 0.6) is 0 Å². The van der Waals surface area contributed by atoms with Crippen molar-refractivity contribution in [2.45, 2.75) is 13.8 Å². The number of nitrogens with zero attached hydrogens (tertiary/aromatic N) is 4. The van der Waals surface area contributed by atoms with Crippen LogP contribution in [0.15, 0.2) is 59.7 Å². The smallest absolute Gasteiger partial charge is 0.272 e. The number of aromatic amines is 1. The summed E-state index contributed by atoms with van der Waals surface area (Å²) in [6.45, 7) is 3.85. The summed E-state index contributed by atoms with van der Waals surface area (Å²) < 4.78 is 1.84. The molecule has 0 spiro atoms. The molecule has 0 atom stereocenters. The minimum atomic E-state index is -0.416. The lowest BCUT2D eigenvalue weighted by Crippen LogP contribution is -2.18. The highest BCUT2D eigenvalue weighted by atomic mass is 35.5. The molecule has 4 aromatic rings. The van der Waals surface area contributed by atoms with E-state index in [0.717, 1.165) is 28.2 Å². The van der Waals surface area contributed by atoms with E-state index in [4.69, 9.17) is 23.2 Å². The van der Waals surface area contributed by atoms with Crippen molar-refractivity contribution in [2.75, 3.05) is 0 Å². The number of carbonyl (C=O) groups excluding carboxylic acids is 1. The van der Waals surface area contributed by atoms with Crippen LogP contribution in [0, 0.1) is 13.8 Å². The van der Waals surface area contributed by atoms with Crippen molar-refractivity contribution >= 4 is 35.3 Å². The number of nitrogens with one attached hydrogen (secondary N) is 2. The maximum atomic E-state index is 12.4. The Morgan fingerprint density at radius 2 is 1.87 bits per heavy atom. The molecular formula is C22H18Cl2N6O. The van der Waals surface area contributed by atoms with Gasteiger partial charge in [0.2, 0.25) is 0 Å². The lowest BCUT2D eigenvalue weighted by Gasteiger charge is -2.03. The number of hydrazone groups is 1. The first-order valence-corrected chi connectivity index (χ1v) is 10.2. The Balaban J connectivity index is 1.48. The van der Waals surface area contributed by atoms with Gasteiger partial charge in [0.25, 0.3) is 5.91 Å². The molecule has 0 fully saturated rings. The quantitative estimate of drug-likeness (QED) is 0.331. The topological polar surface area (TPSA) is 88.0 Å². The van der Waals surface area contributed by atoms with Crippen LogP contribution < -0.4 is 5.43 Å². The molecule has 0 aliphatic heterocycles. The van der Waals surface area contributed by atoms with Crippen LogP contribution >= 0.6 is 23.2 Å². The van der Waals surface area contributed by atoms with Crippen LogP contribution in [0.1, 0.15) is 27.4 Å². The van der Waals surface area contributed by atoms with Crippen LogP contribution in [0.25, 0.3) is 16.9 Å². The van der Waals surface area contributed by atoms with Gasteiger partial charge in [0.05, 0.1) is 39.0 Å². The van der Waals surface area contributed by atoms with Gasteiger partial charge in [-0.15, -0.1) is 0 Å². The average Bonchev–Trinajstić information content (AvgIpc) is 3.37.